The van der Waals surface area contributed by atoms with E-state index in [-0.39, 0.29) is 11.7 Å². The Bertz CT molecular complexity index is 662. The number of anilines is 1. The summed E-state index contributed by atoms with van der Waals surface area (Å²) in [6.45, 7) is 4.86. The highest BCUT2D eigenvalue weighted by molar-refractivity contribution is 7.99. The predicted molar refractivity (Wildman–Crippen MR) is 88.5 cm³/mol. The molecule has 22 heavy (non-hydrogen) atoms. The zero-order valence-corrected chi connectivity index (χ0v) is 14.4. The summed E-state index contributed by atoms with van der Waals surface area (Å²) in [5, 5.41) is 15.7. The Labute approximate surface area is 142 Å². The SMILES string of the molecule is CC(C)Cn1nnnc1SCC(=O)Nc1ccc(Cl)cc1Cl. The van der Waals surface area contributed by atoms with Gasteiger partial charge >= 0.3 is 0 Å². The van der Waals surface area contributed by atoms with E-state index in [0.29, 0.717) is 33.4 Å². The maximum Gasteiger partial charge on any atom is 0.234 e. The molecule has 0 aliphatic heterocycles. The smallest absolute Gasteiger partial charge is 0.234 e. The van der Waals surface area contributed by atoms with Gasteiger partial charge in [0.1, 0.15) is 0 Å². The fourth-order valence-corrected chi connectivity index (χ4v) is 2.81. The standard InChI is InChI=1S/C13H15Cl2N5OS/c1-8(2)6-20-13(17-18-19-20)22-7-12(21)16-11-4-3-9(14)5-10(11)15/h3-5,8H,6-7H2,1-2H3,(H,16,21). The van der Waals surface area contributed by atoms with E-state index in [1.165, 1.54) is 11.8 Å². The number of nitrogens with zero attached hydrogens (tertiary/aromatic N) is 4. The lowest BCUT2D eigenvalue weighted by molar-refractivity contribution is -0.113. The van der Waals surface area contributed by atoms with Crippen LogP contribution in [-0.2, 0) is 11.3 Å². The van der Waals surface area contributed by atoms with Crippen LogP contribution in [0.25, 0.3) is 0 Å². The minimum atomic E-state index is -0.187. The lowest BCUT2D eigenvalue weighted by atomic mass is 10.2. The van der Waals surface area contributed by atoms with Crippen LogP contribution >= 0.6 is 35.0 Å². The molecular formula is C13H15Cl2N5OS. The Morgan fingerprint density at radius 2 is 2.18 bits per heavy atom. The number of amides is 1. The van der Waals surface area contributed by atoms with Gasteiger partial charge in [-0.05, 0) is 34.5 Å². The number of tetrazole rings is 1. The van der Waals surface area contributed by atoms with Crippen molar-refractivity contribution in [3.8, 4) is 0 Å². The van der Waals surface area contributed by atoms with Crippen molar-refractivity contribution in [2.75, 3.05) is 11.1 Å². The Morgan fingerprint density at radius 3 is 2.86 bits per heavy atom. The summed E-state index contributed by atoms with van der Waals surface area (Å²) in [7, 11) is 0. The number of nitrogens with one attached hydrogen (secondary N) is 1. The van der Waals surface area contributed by atoms with E-state index < -0.39 is 0 Å². The summed E-state index contributed by atoms with van der Waals surface area (Å²) in [5.74, 6) is 0.426. The molecule has 0 spiro atoms. The van der Waals surface area contributed by atoms with Crippen LogP contribution in [-0.4, -0.2) is 31.9 Å². The number of benzene rings is 1. The lowest BCUT2D eigenvalue weighted by Gasteiger charge is -2.08. The van der Waals surface area contributed by atoms with Gasteiger partial charge in [0, 0.05) is 11.6 Å². The molecule has 0 unspecified atom stereocenters. The fourth-order valence-electron chi connectivity index (χ4n) is 1.67. The second-order valence-electron chi connectivity index (χ2n) is 5.00. The van der Waals surface area contributed by atoms with Crippen molar-refractivity contribution in [2.24, 2.45) is 5.92 Å². The van der Waals surface area contributed by atoms with Crippen LogP contribution < -0.4 is 5.32 Å². The Kier molecular flexibility index (Phi) is 6.05. The molecule has 0 radical (unpaired) electrons. The van der Waals surface area contributed by atoms with Crippen molar-refractivity contribution in [2.45, 2.75) is 25.5 Å². The molecule has 1 N–H and O–H groups in total. The quantitative estimate of drug-likeness (QED) is 0.800. The monoisotopic (exact) mass is 359 g/mol. The van der Waals surface area contributed by atoms with Gasteiger partial charge in [0.15, 0.2) is 0 Å². The summed E-state index contributed by atoms with van der Waals surface area (Å²) in [6, 6.07) is 4.91. The van der Waals surface area contributed by atoms with Gasteiger partial charge in [0.2, 0.25) is 11.1 Å². The molecule has 0 saturated heterocycles. The first-order chi connectivity index (χ1) is 10.5. The molecule has 1 heterocycles. The average molecular weight is 360 g/mol. The Balaban J connectivity index is 1.92. The first-order valence-corrected chi connectivity index (χ1v) is 8.33. The van der Waals surface area contributed by atoms with Crippen LogP contribution in [0.2, 0.25) is 10.0 Å². The third kappa shape index (κ3) is 4.86. The van der Waals surface area contributed by atoms with E-state index in [4.69, 9.17) is 23.2 Å². The summed E-state index contributed by atoms with van der Waals surface area (Å²) in [6.07, 6.45) is 0. The molecule has 118 valence electrons. The first kappa shape index (κ1) is 17.1. The maximum atomic E-state index is 12.0. The Morgan fingerprint density at radius 1 is 1.41 bits per heavy atom. The number of hydrogen-bond acceptors (Lipinski definition) is 5. The van der Waals surface area contributed by atoms with Gasteiger partial charge in [0.25, 0.3) is 0 Å². The van der Waals surface area contributed by atoms with Gasteiger partial charge in [-0.3, -0.25) is 4.79 Å². The summed E-state index contributed by atoms with van der Waals surface area (Å²) < 4.78 is 1.69. The molecular weight excluding hydrogens is 345 g/mol. The van der Waals surface area contributed by atoms with Crippen molar-refractivity contribution in [3.05, 3.63) is 28.2 Å². The van der Waals surface area contributed by atoms with Crippen molar-refractivity contribution >= 4 is 46.6 Å². The summed E-state index contributed by atoms with van der Waals surface area (Å²) in [5.41, 5.74) is 0.526. The molecule has 1 amide bonds. The molecule has 2 aromatic rings. The lowest BCUT2D eigenvalue weighted by Crippen LogP contribution is -2.15. The van der Waals surface area contributed by atoms with E-state index in [1.807, 2.05) is 0 Å². The molecule has 1 aromatic carbocycles. The van der Waals surface area contributed by atoms with E-state index in [0.717, 1.165) is 0 Å². The topological polar surface area (TPSA) is 72.7 Å². The largest absolute Gasteiger partial charge is 0.324 e. The van der Waals surface area contributed by atoms with Gasteiger partial charge in [-0.2, -0.15) is 0 Å². The van der Waals surface area contributed by atoms with Crippen LogP contribution in [0.5, 0.6) is 0 Å². The van der Waals surface area contributed by atoms with Crippen LogP contribution in [0.15, 0.2) is 23.4 Å². The van der Waals surface area contributed by atoms with Crippen molar-refractivity contribution in [1.29, 1.82) is 0 Å². The van der Waals surface area contributed by atoms with E-state index in [9.17, 15) is 4.79 Å². The highest BCUT2D eigenvalue weighted by Gasteiger charge is 2.12. The summed E-state index contributed by atoms with van der Waals surface area (Å²) in [4.78, 5) is 12.0. The minimum Gasteiger partial charge on any atom is -0.324 e. The van der Waals surface area contributed by atoms with Crippen molar-refractivity contribution < 1.29 is 4.79 Å². The third-order valence-electron chi connectivity index (χ3n) is 2.57. The van der Waals surface area contributed by atoms with Gasteiger partial charge in [0.05, 0.1) is 16.5 Å². The van der Waals surface area contributed by atoms with Gasteiger partial charge in [-0.25, -0.2) is 4.68 Å². The number of carbonyl (C=O) groups excluding carboxylic acids is 1. The minimum absolute atomic E-state index is 0.187. The third-order valence-corrected chi connectivity index (χ3v) is 4.08. The number of rotatable bonds is 6. The predicted octanol–water partition coefficient (Wildman–Crippen LogP) is 3.37. The van der Waals surface area contributed by atoms with Crippen LogP contribution in [0.4, 0.5) is 5.69 Å². The zero-order chi connectivity index (χ0) is 16.1. The second-order valence-corrected chi connectivity index (χ2v) is 6.78. The van der Waals surface area contributed by atoms with E-state index >= 15 is 0 Å². The second kappa shape index (κ2) is 7.80. The normalized spacial score (nSPS) is 11.0. The van der Waals surface area contributed by atoms with Crippen molar-refractivity contribution in [3.63, 3.8) is 0 Å². The number of carbonyl (C=O) groups is 1. The molecule has 2 rings (SSSR count). The molecule has 9 heteroatoms. The van der Waals surface area contributed by atoms with Crippen LogP contribution in [0.1, 0.15) is 13.8 Å². The van der Waals surface area contributed by atoms with Gasteiger partial charge in [-0.15, -0.1) is 5.10 Å². The Hall–Kier alpha value is -1.31. The zero-order valence-electron chi connectivity index (χ0n) is 12.1. The number of thioether (sulfide) groups is 1. The van der Waals surface area contributed by atoms with E-state index in [1.54, 1.807) is 22.9 Å². The molecule has 0 bridgehead atoms. The molecule has 0 atom stereocenters. The van der Waals surface area contributed by atoms with Crippen molar-refractivity contribution in [1.82, 2.24) is 20.2 Å². The molecule has 0 aliphatic rings. The van der Waals surface area contributed by atoms with E-state index in [2.05, 4.69) is 34.7 Å². The van der Waals surface area contributed by atoms with Gasteiger partial charge < -0.3 is 5.32 Å². The highest BCUT2D eigenvalue weighted by atomic mass is 35.5. The molecule has 1 aromatic heterocycles. The maximum absolute atomic E-state index is 12.0. The fraction of sp³-hybridized carbons (Fsp3) is 0.385. The molecule has 0 saturated carbocycles. The number of hydrogen-bond donors (Lipinski definition) is 1. The molecule has 0 fully saturated rings. The number of halogens is 2. The molecule has 6 nitrogen and oxygen atoms in total. The summed E-state index contributed by atoms with van der Waals surface area (Å²) >= 11 is 13.1. The average Bonchev–Trinajstić information content (AvgIpc) is 2.86. The van der Waals surface area contributed by atoms with Crippen LogP contribution in [0, 0.1) is 5.92 Å². The van der Waals surface area contributed by atoms with Gasteiger partial charge in [-0.1, -0.05) is 48.8 Å². The highest BCUT2D eigenvalue weighted by Crippen LogP contribution is 2.25. The number of aromatic nitrogens is 4. The first-order valence-electron chi connectivity index (χ1n) is 6.59. The van der Waals surface area contributed by atoms with Crippen LogP contribution in [0.3, 0.4) is 0 Å². The molecule has 0 aliphatic carbocycles.